The zero-order valence-electron chi connectivity index (χ0n) is 24.9. The topological polar surface area (TPSA) is 95.1 Å². The van der Waals surface area contributed by atoms with Crippen LogP contribution in [0, 0.1) is 0 Å². The normalized spacial score (nSPS) is 14.2. The number of unbranched alkanes of at least 4 members (excludes halogenated alkanes) is 2. The van der Waals surface area contributed by atoms with E-state index in [9.17, 15) is 13.2 Å². The lowest BCUT2D eigenvalue weighted by molar-refractivity contribution is 0.0947. The molecule has 0 unspecified atom stereocenters. The maximum Gasteiger partial charge on any atom is 0.251 e. The fraction of sp³-hybridized carbons (Fsp3) is 0.533. The van der Waals surface area contributed by atoms with Crippen LogP contribution in [0.25, 0.3) is 10.2 Å². The summed E-state index contributed by atoms with van der Waals surface area (Å²) < 4.78 is 34.8. The van der Waals surface area contributed by atoms with Crippen molar-refractivity contribution < 1.29 is 17.9 Å². The summed E-state index contributed by atoms with van der Waals surface area (Å²) in [7, 11) is -3.58. The third kappa shape index (κ3) is 8.57. The van der Waals surface area contributed by atoms with Gasteiger partial charge in [0.2, 0.25) is 10.0 Å². The minimum Gasteiger partial charge on any atom is -0.492 e. The maximum absolute atomic E-state index is 13.2. The van der Waals surface area contributed by atoms with Gasteiger partial charge in [-0.3, -0.25) is 9.69 Å². The second-order valence-electron chi connectivity index (χ2n) is 10.3. The number of benzene rings is 2. The van der Waals surface area contributed by atoms with Crippen LogP contribution in [-0.2, 0) is 10.0 Å². The number of para-hydroxylation sites is 1. The summed E-state index contributed by atoms with van der Waals surface area (Å²) in [6.45, 7) is 12.6. The van der Waals surface area contributed by atoms with Gasteiger partial charge in [-0.25, -0.2) is 13.4 Å². The summed E-state index contributed by atoms with van der Waals surface area (Å²) in [5.41, 5.74) is 1.39. The first-order chi connectivity index (χ1) is 19.9. The summed E-state index contributed by atoms with van der Waals surface area (Å²) in [5.74, 6) is 0.639. The average Bonchev–Trinajstić information content (AvgIpc) is 3.43. The number of carbonyl (C=O) groups excluding carboxylic acids is 1. The second-order valence-corrected chi connectivity index (χ2v) is 13.2. The zero-order valence-corrected chi connectivity index (χ0v) is 27.3. The lowest BCUT2D eigenvalue weighted by atomic mass is 10.2. The minimum absolute atomic E-state index is 0. The van der Waals surface area contributed by atoms with Crippen molar-refractivity contribution in [2.75, 3.05) is 63.9 Å². The van der Waals surface area contributed by atoms with E-state index in [4.69, 9.17) is 9.72 Å². The van der Waals surface area contributed by atoms with E-state index in [1.54, 1.807) is 39.9 Å². The van der Waals surface area contributed by atoms with E-state index >= 15 is 0 Å². The molecule has 1 aliphatic rings. The Kier molecular flexibility index (Phi) is 13.3. The number of nitrogens with zero attached hydrogens (tertiary/aromatic N) is 4. The molecule has 1 amide bonds. The molecule has 2 aromatic carbocycles. The predicted molar refractivity (Wildman–Crippen MR) is 174 cm³/mol. The number of sulfonamides is 1. The quantitative estimate of drug-likeness (QED) is 0.243. The van der Waals surface area contributed by atoms with E-state index in [0.717, 1.165) is 79.5 Å². The first kappa shape index (κ1) is 34.1. The lowest BCUT2D eigenvalue weighted by Crippen LogP contribution is -2.48. The van der Waals surface area contributed by atoms with Crippen LogP contribution in [0.5, 0.6) is 5.75 Å². The van der Waals surface area contributed by atoms with Crippen LogP contribution in [0.2, 0.25) is 0 Å². The van der Waals surface area contributed by atoms with E-state index < -0.39 is 10.0 Å². The molecule has 1 N–H and O–H groups in total. The molecule has 1 fully saturated rings. The highest BCUT2D eigenvalue weighted by Gasteiger charge is 2.24. The van der Waals surface area contributed by atoms with E-state index in [1.807, 2.05) is 19.1 Å². The number of ether oxygens (including phenoxy) is 1. The standard InChI is InChI=1S/C30H43N5O4S2.ClH/c1-4-7-17-35(18-8-5-2)41(37,38)25-14-12-24(13-15-25)29(36)31-16-19-33-20-22-34(23-21-33)30-32-28-26(39-6-3)10-9-11-27(28)40-30;/h9-15H,4-8,16-23H2,1-3H3,(H,31,36);1H. The Morgan fingerprint density at radius 2 is 1.67 bits per heavy atom. The third-order valence-electron chi connectivity index (χ3n) is 7.30. The molecule has 232 valence electrons. The molecule has 9 nitrogen and oxygen atoms in total. The van der Waals surface area contributed by atoms with Gasteiger partial charge in [-0.15, -0.1) is 12.4 Å². The monoisotopic (exact) mass is 637 g/mol. The maximum atomic E-state index is 13.2. The van der Waals surface area contributed by atoms with Gasteiger partial charge in [0.05, 0.1) is 16.2 Å². The number of hydrogen-bond acceptors (Lipinski definition) is 8. The van der Waals surface area contributed by atoms with Crippen molar-refractivity contribution >= 4 is 55.0 Å². The number of rotatable bonds is 15. The first-order valence-corrected chi connectivity index (χ1v) is 17.0. The van der Waals surface area contributed by atoms with Crippen LogP contribution >= 0.6 is 23.7 Å². The molecule has 2 heterocycles. The number of aromatic nitrogens is 1. The molecule has 1 saturated heterocycles. The highest BCUT2D eigenvalue weighted by Crippen LogP contribution is 2.34. The summed E-state index contributed by atoms with van der Waals surface area (Å²) in [4.78, 5) is 22.5. The van der Waals surface area contributed by atoms with Crippen LogP contribution in [0.1, 0.15) is 56.8 Å². The molecule has 0 bridgehead atoms. The molecule has 0 saturated carbocycles. The Bertz CT molecular complexity index is 1370. The summed E-state index contributed by atoms with van der Waals surface area (Å²) in [6.07, 6.45) is 3.53. The number of fused-ring (bicyclic) bond motifs is 1. The zero-order chi connectivity index (χ0) is 29.2. The van der Waals surface area contributed by atoms with Gasteiger partial charge in [-0.1, -0.05) is 44.1 Å². The fourth-order valence-corrected chi connectivity index (χ4v) is 7.41. The van der Waals surface area contributed by atoms with Crippen molar-refractivity contribution in [3.05, 3.63) is 48.0 Å². The molecule has 12 heteroatoms. The van der Waals surface area contributed by atoms with Crippen LogP contribution in [0.15, 0.2) is 47.4 Å². The van der Waals surface area contributed by atoms with Gasteiger partial charge >= 0.3 is 0 Å². The van der Waals surface area contributed by atoms with Crippen LogP contribution < -0.4 is 15.0 Å². The Balaban J connectivity index is 0.00000484. The fourth-order valence-electron chi connectivity index (χ4n) is 4.86. The molecule has 0 atom stereocenters. The smallest absolute Gasteiger partial charge is 0.251 e. The number of amides is 1. The Morgan fingerprint density at radius 1 is 1.00 bits per heavy atom. The Hall–Kier alpha value is -2.44. The molecular formula is C30H44ClN5O4S2. The molecule has 1 aliphatic heterocycles. The van der Waals surface area contributed by atoms with E-state index in [2.05, 4.69) is 35.0 Å². The molecule has 0 spiro atoms. The van der Waals surface area contributed by atoms with Crippen molar-refractivity contribution in [1.82, 2.24) is 19.5 Å². The number of thiazole rings is 1. The van der Waals surface area contributed by atoms with Gasteiger partial charge in [0.25, 0.3) is 5.91 Å². The van der Waals surface area contributed by atoms with Crippen molar-refractivity contribution in [2.45, 2.75) is 51.3 Å². The predicted octanol–water partition coefficient (Wildman–Crippen LogP) is 5.26. The van der Waals surface area contributed by atoms with Crippen molar-refractivity contribution in [3.63, 3.8) is 0 Å². The molecule has 42 heavy (non-hydrogen) atoms. The molecule has 0 radical (unpaired) electrons. The summed E-state index contributed by atoms with van der Waals surface area (Å²) in [5, 5.41) is 4.00. The van der Waals surface area contributed by atoms with Crippen LogP contribution in [-0.4, -0.2) is 87.5 Å². The van der Waals surface area contributed by atoms with Gasteiger partial charge in [-0.05, 0) is 56.2 Å². The van der Waals surface area contributed by atoms with E-state index in [1.165, 1.54) is 0 Å². The first-order valence-electron chi connectivity index (χ1n) is 14.7. The van der Waals surface area contributed by atoms with E-state index in [0.29, 0.717) is 31.8 Å². The van der Waals surface area contributed by atoms with Gasteiger partial charge in [-0.2, -0.15) is 4.31 Å². The van der Waals surface area contributed by atoms with Gasteiger partial charge in [0, 0.05) is 57.9 Å². The van der Waals surface area contributed by atoms with Gasteiger partial charge < -0.3 is 15.0 Å². The Labute approximate surface area is 260 Å². The van der Waals surface area contributed by atoms with E-state index in [-0.39, 0.29) is 23.2 Å². The highest BCUT2D eigenvalue weighted by atomic mass is 35.5. The van der Waals surface area contributed by atoms with Crippen molar-refractivity contribution in [1.29, 1.82) is 0 Å². The molecular weight excluding hydrogens is 594 g/mol. The van der Waals surface area contributed by atoms with Crippen LogP contribution in [0.3, 0.4) is 0 Å². The molecule has 1 aromatic heterocycles. The van der Waals surface area contributed by atoms with Crippen molar-refractivity contribution in [3.8, 4) is 5.75 Å². The molecule has 4 rings (SSSR count). The minimum atomic E-state index is -3.58. The lowest BCUT2D eigenvalue weighted by Gasteiger charge is -2.34. The number of nitrogens with one attached hydrogen (secondary N) is 1. The third-order valence-corrected chi connectivity index (χ3v) is 10.3. The number of piperazine rings is 1. The largest absolute Gasteiger partial charge is 0.492 e. The van der Waals surface area contributed by atoms with Gasteiger partial charge in [0.1, 0.15) is 11.3 Å². The summed E-state index contributed by atoms with van der Waals surface area (Å²) >= 11 is 1.69. The number of anilines is 1. The van der Waals surface area contributed by atoms with Crippen molar-refractivity contribution in [2.24, 2.45) is 0 Å². The average molecular weight is 638 g/mol. The molecule has 3 aromatic rings. The SMILES string of the molecule is CCCCN(CCCC)S(=O)(=O)c1ccc(C(=O)NCCN2CCN(c3nc4c(OCC)cccc4s3)CC2)cc1.Cl. The number of hydrogen-bond donors (Lipinski definition) is 1. The highest BCUT2D eigenvalue weighted by molar-refractivity contribution is 7.89. The Morgan fingerprint density at radius 3 is 2.29 bits per heavy atom. The number of carbonyl (C=O) groups is 1. The van der Waals surface area contributed by atoms with Gasteiger partial charge in [0.15, 0.2) is 5.13 Å². The van der Waals surface area contributed by atoms with Crippen LogP contribution in [0.4, 0.5) is 5.13 Å². The number of halogens is 1. The molecule has 0 aliphatic carbocycles. The summed E-state index contributed by atoms with van der Waals surface area (Å²) in [6, 6.07) is 12.4. The second kappa shape index (κ2) is 16.4.